The first-order chi connectivity index (χ1) is 19.6. The van der Waals surface area contributed by atoms with Crippen LogP contribution in [0.15, 0.2) is 66.9 Å². The van der Waals surface area contributed by atoms with E-state index in [0.717, 1.165) is 30.9 Å². The van der Waals surface area contributed by atoms with E-state index in [9.17, 15) is 30.7 Å². The lowest BCUT2D eigenvalue weighted by atomic mass is 9.77. The molecule has 1 fully saturated rings. The normalized spacial score (nSPS) is 17.3. The van der Waals surface area contributed by atoms with Gasteiger partial charge >= 0.3 is 12.2 Å². The van der Waals surface area contributed by atoms with Crippen molar-refractivity contribution in [1.29, 1.82) is 0 Å². The maximum absolute atomic E-state index is 14.8. The lowest BCUT2D eigenvalue weighted by Crippen LogP contribution is -2.23. The van der Waals surface area contributed by atoms with E-state index in [-0.39, 0.29) is 6.26 Å². The lowest BCUT2D eigenvalue weighted by Gasteiger charge is -2.29. The predicted molar refractivity (Wildman–Crippen MR) is 142 cm³/mol. The molecule has 0 radical (unpaired) electrons. The van der Waals surface area contributed by atoms with Crippen molar-refractivity contribution < 1.29 is 40.2 Å². The van der Waals surface area contributed by atoms with Crippen LogP contribution in [-0.4, -0.2) is 0 Å². The van der Waals surface area contributed by atoms with Crippen molar-refractivity contribution in [2.45, 2.75) is 70.3 Å². The summed E-state index contributed by atoms with van der Waals surface area (Å²) in [5.41, 5.74) is 1.09. The van der Waals surface area contributed by atoms with Crippen LogP contribution >= 0.6 is 0 Å². The minimum Gasteiger partial charge on any atom is -0.453 e. The molecular formula is C32H31F7O2. The Morgan fingerprint density at radius 3 is 2.05 bits per heavy atom. The van der Waals surface area contributed by atoms with Crippen molar-refractivity contribution in [3.8, 4) is 22.6 Å². The van der Waals surface area contributed by atoms with E-state index in [0.29, 0.717) is 29.2 Å². The largest absolute Gasteiger partial charge is 0.453 e. The molecule has 1 saturated carbocycles. The highest BCUT2D eigenvalue weighted by Gasteiger charge is 2.38. The Hall–Kier alpha value is -3.49. The van der Waals surface area contributed by atoms with Crippen LogP contribution in [0, 0.1) is 23.4 Å². The van der Waals surface area contributed by atoms with Gasteiger partial charge in [0.25, 0.3) is 0 Å². The SMILES string of the molecule is CCCCCC1CCC(c2ccc(-c3ccc(C(F)(F)Oc4cc(F)c(OC=C(F)F)c(F)c4)c(F)c3)cc2)CC1. The first kappa shape index (κ1) is 30.5. The molecule has 0 atom stereocenters. The van der Waals surface area contributed by atoms with Crippen LogP contribution < -0.4 is 9.47 Å². The number of alkyl halides is 2. The Kier molecular flexibility index (Phi) is 9.99. The lowest BCUT2D eigenvalue weighted by molar-refractivity contribution is -0.187. The average molecular weight is 581 g/mol. The molecule has 0 N–H and O–H groups in total. The second-order valence-electron chi connectivity index (χ2n) is 10.4. The summed E-state index contributed by atoms with van der Waals surface area (Å²) < 4.78 is 105. The molecule has 1 aliphatic carbocycles. The fourth-order valence-electron chi connectivity index (χ4n) is 5.36. The van der Waals surface area contributed by atoms with Crippen molar-refractivity contribution in [2.75, 3.05) is 0 Å². The zero-order chi connectivity index (χ0) is 29.6. The Bertz CT molecular complexity index is 1320. The van der Waals surface area contributed by atoms with E-state index in [2.05, 4.69) is 16.4 Å². The summed E-state index contributed by atoms with van der Waals surface area (Å²) in [6, 6.07) is 11.4. The zero-order valence-electron chi connectivity index (χ0n) is 22.5. The molecule has 0 heterocycles. The molecule has 3 aromatic rings. The molecule has 0 saturated heterocycles. The van der Waals surface area contributed by atoms with Gasteiger partial charge in [0, 0.05) is 12.1 Å². The molecule has 0 spiro atoms. The van der Waals surface area contributed by atoms with Gasteiger partial charge in [-0.05, 0) is 66.3 Å². The summed E-state index contributed by atoms with van der Waals surface area (Å²) in [7, 11) is 0. The van der Waals surface area contributed by atoms with Crippen LogP contribution in [0.3, 0.4) is 0 Å². The van der Waals surface area contributed by atoms with E-state index in [4.69, 9.17) is 0 Å². The topological polar surface area (TPSA) is 18.5 Å². The summed E-state index contributed by atoms with van der Waals surface area (Å²) in [5, 5.41) is 0. The van der Waals surface area contributed by atoms with Gasteiger partial charge < -0.3 is 9.47 Å². The van der Waals surface area contributed by atoms with Crippen LogP contribution in [0.2, 0.25) is 0 Å². The van der Waals surface area contributed by atoms with Crippen molar-refractivity contribution in [3.05, 3.63) is 95.5 Å². The van der Waals surface area contributed by atoms with Crippen molar-refractivity contribution in [3.63, 3.8) is 0 Å². The van der Waals surface area contributed by atoms with Gasteiger partial charge in [-0.25, -0.2) is 13.2 Å². The fraction of sp³-hybridized carbons (Fsp3) is 0.375. The van der Waals surface area contributed by atoms with E-state index < -0.39 is 46.7 Å². The standard InChI is InChI=1S/C32H31F7O2/c1-2-3-4-5-20-6-8-21(9-7-20)22-10-12-23(13-11-22)24-14-15-26(27(33)16-24)32(38,39)41-25-17-28(34)31(29(35)18-25)40-19-30(36)37/h10-21H,2-9H2,1H3. The molecular weight excluding hydrogens is 549 g/mol. The Morgan fingerprint density at radius 1 is 0.829 bits per heavy atom. The Balaban J connectivity index is 1.42. The smallest absolute Gasteiger partial charge is 0.429 e. The van der Waals surface area contributed by atoms with E-state index in [1.54, 1.807) is 0 Å². The van der Waals surface area contributed by atoms with E-state index in [1.807, 2.05) is 24.3 Å². The van der Waals surface area contributed by atoms with Crippen molar-refractivity contribution >= 4 is 0 Å². The molecule has 3 aromatic carbocycles. The highest BCUT2D eigenvalue weighted by Crippen LogP contribution is 2.40. The van der Waals surface area contributed by atoms with Gasteiger partial charge in [0.15, 0.2) is 23.6 Å². The number of hydrogen-bond donors (Lipinski definition) is 0. The molecule has 0 unspecified atom stereocenters. The maximum atomic E-state index is 14.8. The third-order valence-electron chi connectivity index (χ3n) is 7.54. The summed E-state index contributed by atoms with van der Waals surface area (Å²) in [4.78, 5) is 0. The van der Waals surface area contributed by atoms with Gasteiger partial charge in [-0.2, -0.15) is 17.6 Å². The quantitative estimate of drug-likeness (QED) is 0.128. The number of ether oxygens (including phenoxy) is 2. The van der Waals surface area contributed by atoms with E-state index in [1.165, 1.54) is 50.2 Å². The van der Waals surface area contributed by atoms with Crippen molar-refractivity contribution in [2.24, 2.45) is 5.92 Å². The van der Waals surface area contributed by atoms with Gasteiger partial charge in [-0.15, -0.1) is 0 Å². The average Bonchev–Trinajstić information content (AvgIpc) is 2.92. The van der Waals surface area contributed by atoms with Crippen LogP contribution in [-0.2, 0) is 6.11 Å². The van der Waals surface area contributed by atoms with Gasteiger partial charge in [0.05, 0.1) is 5.56 Å². The minimum absolute atomic E-state index is 0.207. The van der Waals surface area contributed by atoms with Gasteiger partial charge in [0.2, 0.25) is 0 Å². The first-order valence-corrected chi connectivity index (χ1v) is 13.7. The fourth-order valence-corrected chi connectivity index (χ4v) is 5.36. The molecule has 2 nitrogen and oxygen atoms in total. The second kappa shape index (κ2) is 13.4. The molecule has 0 aliphatic heterocycles. The molecule has 0 bridgehead atoms. The monoisotopic (exact) mass is 580 g/mol. The van der Waals surface area contributed by atoms with Crippen molar-refractivity contribution in [1.82, 2.24) is 0 Å². The predicted octanol–water partition coefficient (Wildman–Crippen LogP) is 10.9. The summed E-state index contributed by atoms with van der Waals surface area (Å²) in [5.74, 6) is -5.36. The number of halogens is 7. The zero-order valence-corrected chi connectivity index (χ0v) is 22.5. The Morgan fingerprint density at radius 2 is 1.46 bits per heavy atom. The first-order valence-electron chi connectivity index (χ1n) is 13.7. The van der Waals surface area contributed by atoms with Crippen LogP contribution in [0.5, 0.6) is 11.5 Å². The van der Waals surface area contributed by atoms with Gasteiger partial charge in [-0.1, -0.05) is 62.9 Å². The summed E-state index contributed by atoms with van der Waals surface area (Å²) in [6.45, 7) is 2.21. The van der Waals surface area contributed by atoms with Crippen LogP contribution in [0.25, 0.3) is 11.1 Å². The summed E-state index contributed by atoms with van der Waals surface area (Å²) in [6.07, 6.45) is 2.92. The molecule has 220 valence electrons. The number of hydrogen-bond acceptors (Lipinski definition) is 2. The number of benzene rings is 3. The third-order valence-corrected chi connectivity index (χ3v) is 7.54. The molecule has 9 heteroatoms. The minimum atomic E-state index is -4.30. The van der Waals surface area contributed by atoms with Gasteiger partial charge in [-0.3, -0.25) is 0 Å². The van der Waals surface area contributed by atoms with Crippen LogP contribution in [0.1, 0.15) is 75.3 Å². The Labute approximate surface area is 234 Å². The number of rotatable bonds is 11. The number of unbranched alkanes of at least 4 members (excludes halogenated alkanes) is 2. The molecule has 0 aromatic heterocycles. The summed E-state index contributed by atoms with van der Waals surface area (Å²) >= 11 is 0. The highest BCUT2D eigenvalue weighted by molar-refractivity contribution is 5.64. The van der Waals surface area contributed by atoms with Gasteiger partial charge in [0.1, 0.15) is 11.6 Å². The molecule has 1 aliphatic rings. The van der Waals surface area contributed by atoms with E-state index >= 15 is 0 Å². The maximum Gasteiger partial charge on any atom is 0.429 e. The molecule has 0 amide bonds. The molecule has 4 rings (SSSR count). The highest BCUT2D eigenvalue weighted by atomic mass is 19.3. The van der Waals surface area contributed by atoms with Crippen LogP contribution in [0.4, 0.5) is 30.7 Å². The second-order valence-corrected chi connectivity index (χ2v) is 10.4. The third kappa shape index (κ3) is 7.83. The molecule has 41 heavy (non-hydrogen) atoms.